The van der Waals surface area contributed by atoms with Crippen LogP contribution in [0, 0.1) is 0 Å². The quantitative estimate of drug-likeness (QED) is 0.816. The third-order valence-corrected chi connectivity index (χ3v) is 5.52. The molecule has 1 aromatic carbocycles. The Morgan fingerprint density at radius 1 is 1.26 bits per heavy atom. The van der Waals surface area contributed by atoms with Crippen molar-refractivity contribution in [1.29, 1.82) is 0 Å². The lowest BCUT2D eigenvalue weighted by Gasteiger charge is -2.34. The fourth-order valence-corrected chi connectivity index (χ4v) is 4.04. The van der Waals surface area contributed by atoms with Gasteiger partial charge in [0.2, 0.25) is 0 Å². The third kappa shape index (κ3) is 4.14. The van der Waals surface area contributed by atoms with E-state index in [9.17, 15) is 0 Å². The van der Waals surface area contributed by atoms with Crippen molar-refractivity contribution < 1.29 is 0 Å². The first-order valence-electron chi connectivity index (χ1n) is 7.29. The van der Waals surface area contributed by atoms with Gasteiger partial charge in [-0.1, -0.05) is 43.5 Å². The number of hydrogen-bond donors (Lipinski definition) is 1. The highest BCUT2D eigenvalue weighted by atomic mass is 35.5. The number of rotatable bonds is 5. The second-order valence-electron chi connectivity index (χ2n) is 5.34. The van der Waals surface area contributed by atoms with E-state index in [0.29, 0.717) is 12.1 Å². The van der Waals surface area contributed by atoms with Gasteiger partial charge in [-0.3, -0.25) is 0 Å². The molecule has 106 valence electrons. The maximum Gasteiger partial charge on any atom is 0.0406 e. The van der Waals surface area contributed by atoms with Gasteiger partial charge in [-0.05, 0) is 43.2 Å². The van der Waals surface area contributed by atoms with Crippen LogP contribution in [0.5, 0.6) is 0 Å². The minimum absolute atomic E-state index is 0.454. The van der Waals surface area contributed by atoms with Crippen LogP contribution in [0.2, 0.25) is 5.02 Å². The monoisotopic (exact) mass is 297 g/mol. The summed E-state index contributed by atoms with van der Waals surface area (Å²) in [5, 5.41) is 5.47. The van der Waals surface area contributed by atoms with Gasteiger partial charge >= 0.3 is 0 Å². The van der Waals surface area contributed by atoms with Gasteiger partial charge in [-0.25, -0.2) is 0 Å². The average molecular weight is 298 g/mol. The number of benzene rings is 1. The lowest BCUT2D eigenvalue weighted by Crippen LogP contribution is -2.42. The molecule has 0 heterocycles. The van der Waals surface area contributed by atoms with Gasteiger partial charge in [-0.2, -0.15) is 11.8 Å². The van der Waals surface area contributed by atoms with Crippen LogP contribution in [0.3, 0.4) is 0 Å². The molecule has 0 bridgehead atoms. The minimum Gasteiger partial charge on any atom is -0.306 e. The molecule has 3 atom stereocenters. The number of nitrogens with one attached hydrogen (secondary N) is 1. The Hall–Kier alpha value is -0.180. The van der Waals surface area contributed by atoms with Crippen molar-refractivity contribution in [3.05, 3.63) is 34.9 Å². The average Bonchev–Trinajstić information content (AvgIpc) is 2.46. The van der Waals surface area contributed by atoms with E-state index in [1.807, 2.05) is 23.9 Å². The molecule has 0 aromatic heterocycles. The summed E-state index contributed by atoms with van der Waals surface area (Å²) in [6.45, 7) is 2.25. The van der Waals surface area contributed by atoms with Gasteiger partial charge in [-0.15, -0.1) is 0 Å². The standard InChI is InChI=1S/C16H24ClNS/c1-3-14(12-8-10-13(17)11-9-12)18-15-6-4-5-7-16(15)19-2/h8-11,14-16,18H,3-7H2,1-2H3. The smallest absolute Gasteiger partial charge is 0.0406 e. The summed E-state index contributed by atoms with van der Waals surface area (Å²) in [6, 6.07) is 9.41. The Labute approximate surface area is 126 Å². The van der Waals surface area contributed by atoms with E-state index in [2.05, 4.69) is 30.6 Å². The van der Waals surface area contributed by atoms with Crippen LogP contribution in [0.1, 0.15) is 50.6 Å². The molecule has 1 aromatic rings. The summed E-state index contributed by atoms with van der Waals surface area (Å²) >= 11 is 7.99. The van der Waals surface area contributed by atoms with Gasteiger partial charge in [0, 0.05) is 22.4 Å². The van der Waals surface area contributed by atoms with Crippen LogP contribution in [0.25, 0.3) is 0 Å². The first kappa shape index (κ1) is 15.2. The SMILES string of the molecule is CCC(NC1CCCCC1SC)c1ccc(Cl)cc1. The Kier molecular flexibility index (Phi) is 6.06. The normalized spacial score (nSPS) is 25.2. The van der Waals surface area contributed by atoms with Gasteiger partial charge in [0.1, 0.15) is 0 Å². The predicted molar refractivity (Wildman–Crippen MR) is 87.2 cm³/mol. The van der Waals surface area contributed by atoms with E-state index in [4.69, 9.17) is 11.6 Å². The molecule has 0 radical (unpaired) electrons. The van der Waals surface area contributed by atoms with Crippen molar-refractivity contribution in [2.75, 3.05) is 6.26 Å². The van der Waals surface area contributed by atoms with Crippen LogP contribution in [-0.2, 0) is 0 Å². The molecule has 0 spiro atoms. The number of hydrogen-bond acceptors (Lipinski definition) is 2. The summed E-state index contributed by atoms with van der Waals surface area (Å²) in [6.07, 6.45) is 8.80. The maximum absolute atomic E-state index is 5.97. The second-order valence-corrected chi connectivity index (χ2v) is 6.86. The van der Waals surface area contributed by atoms with E-state index in [1.54, 1.807) is 0 Å². The molecule has 0 aliphatic heterocycles. The van der Waals surface area contributed by atoms with E-state index in [-0.39, 0.29) is 0 Å². The Morgan fingerprint density at radius 3 is 2.58 bits per heavy atom. The van der Waals surface area contributed by atoms with Gasteiger partial charge < -0.3 is 5.32 Å². The topological polar surface area (TPSA) is 12.0 Å². The van der Waals surface area contributed by atoms with Crippen LogP contribution in [-0.4, -0.2) is 17.5 Å². The third-order valence-electron chi connectivity index (χ3n) is 4.10. The van der Waals surface area contributed by atoms with E-state index < -0.39 is 0 Å². The number of thioether (sulfide) groups is 1. The molecular weight excluding hydrogens is 274 g/mol. The summed E-state index contributed by atoms with van der Waals surface area (Å²) in [4.78, 5) is 0. The Bertz CT molecular complexity index is 379. The van der Waals surface area contributed by atoms with Crippen molar-refractivity contribution >= 4 is 23.4 Å². The molecule has 1 N–H and O–H groups in total. The first-order chi connectivity index (χ1) is 9.24. The molecule has 1 fully saturated rings. The highest BCUT2D eigenvalue weighted by Crippen LogP contribution is 2.30. The molecule has 1 aliphatic rings. The lowest BCUT2D eigenvalue weighted by atomic mass is 9.93. The molecule has 3 unspecified atom stereocenters. The molecule has 0 saturated heterocycles. The van der Waals surface area contributed by atoms with Crippen LogP contribution < -0.4 is 5.32 Å². The molecule has 19 heavy (non-hydrogen) atoms. The highest BCUT2D eigenvalue weighted by Gasteiger charge is 2.26. The van der Waals surface area contributed by atoms with Crippen molar-refractivity contribution in [3.63, 3.8) is 0 Å². The highest BCUT2D eigenvalue weighted by molar-refractivity contribution is 7.99. The van der Waals surface area contributed by atoms with E-state index >= 15 is 0 Å². The molecule has 1 nitrogen and oxygen atoms in total. The van der Waals surface area contributed by atoms with Gasteiger partial charge in [0.15, 0.2) is 0 Å². The van der Waals surface area contributed by atoms with Crippen LogP contribution in [0.15, 0.2) is 24.3 Å². The predicted octanol–water partition coefficient (Wildman–Crippen LogP) is 5.05. The second kappa shape index (κ2) is 7.56. The van der Waals surface area contributed by atoms with E-state index in [0.717, 1.165) is 16.7 Å². The largest absolute Gasteiger partial charge is 0.306 e. The zero-order chi connectivity index (χ0) is 13.7. The molecule has 3 heteroatoms. The van der Waals surface area contributed by atoms with Gasteiger partial charge in [0.05, 0.1) is 0 Å². The van der Waals surface area contributed by atoms with Crippen molar-refractivity contribution in [3.8, 4) is 0 Å². The summed E-state index contributed by atoms with van der Waals surface area (Å²) in [7, 11) is 0. The van der Waals surface area contributed by atoms with E-state index in [1.165, 1.54) is 31.2 Å². The Balaban J connectivity index is 2.03. The Morgan fingerprint density at radius 2 is 1.95 bits per heavy atom. The molecule has 0 amide bonds. The van der Waals surface area contributed by atoms with Crippen LogP contribution >= 0.6 is 23.4 Å². The molecular formula is C16H24ClNS. The van der Waals surface area contributed by atoms with Crippen molar-refractivity contribution in [2.24, 2.45) is 0 Å². The van der Waals surface area contributed by atoms with Gasteiger partial charge in [0.25, 0.3) is 0 Å². The van der Waals surface area contributed by atoms with Crippen LogP contribution in [0.4, 0.5) is 0 Å². The molecule has 1 saturated carbocycles. The maximum atomic E-state index is 5.97. The fraction of sp³-hybridized carbons (Fsp3) is 0.625. The first-order valence-corrected chi connectivity index (χ1v) is 8.95. The zero-order valence-electron chi connectivity index (χ0n) is 11.9. The fourth-order valence-electron chi connectivity index (χ4n) is 2.97. The zero-order valence-corrected chi connectivity index (χ0v) is 13.4. The summed E-state index contributed by atoms with van der Waals surface area (Å²) in [5.41, 5.74) is 1.36. The minimum atomic E-state index is 0.454. The summed E-state index contributed by atoms with van der Waals surface area (Å²) < 4.78 is 0. The molecule has 2 rings (SSSR count). The number of halogens is 1. The molecule has 1 aliphatic carbocycles. The lowest BCUT2D eigenvalue weighted by molar-refractivity contribution is 0.343. The van der Waals surface area contributed by atoms with Crippen molar-refractivity contribution in [1.82, 2.24) is 5.32 Å². The van der Waals surface area contributed by atoms with Crippen molar-refractivity contribution in [2.45, 2.75) is 56.4 Å². The summed E-state index contributed by atoms with van der Waals surface area (Å²) in [5.74, 6) is 0.